The summed E-state index contributed by atoms with van der Waals surface area (Å²) in [6, 6.07) is 11.0. The number of hydrogen-bond donors (Lipinski definition) is 2. The molecule has 2 N–H and O–H groups in total. The van der Waals surface area contributed by atoms with Gasteiger partial charge in [-0.25, -0.2) is 18.7 Å². The molecular weight excluding hydrogens is 716 g/mol. The number of piperidine rings is 2. The average molecular weight is 758 g/mol. The van der Waals surface area contributed by atoms with Crippen molar-refractivity contribution < 1.29 is 23.1 Å². The van der Waals surface area contributed by atoms with Crippen LogP contribution in [-0.4, -0.2) is 86.8 Å². The number of piperazine rings is 1. The third kappa shape index (κ3) is 7.12. The summed E-state index contributed by atoms with van der Waals surface area (Å²) in [5, 5.41) is 6.99. The predicted molar refractivity (Wildman–Crippen MR) is 202 cm³/mol. The highest BCUT2D eigenvalue weighted by molar-refractivity contribution is 6.32. The number of carbonyl (C=O) groups excluding carboxylic acids is 2. The number of ether oxygens (including phenoxy) is 1. The van der Waals surface area contributed by atoms with E-state index >= 15 is 8.78 Å². The van der Waals surface area contributed by atoms with Gasteiger partial charge in [-0.15, -0.1) is 0 Å². The van der Waals surface area contributed by atoms with Crippen LogP contribution in [0.2, 0.25) is 5.02 Å². The fraction of sp³-hybridized carbons (Fsp3) is 0.410. The molecule has 2 aromatic carbocycles. The lowest BCUT2D eigenvalue weighted by molar-refractivity contribution is -0.134. The molecule has 5 aromatic rings. The zero-order valence-electron chi connectivity index (χ0n) is 30.4. The largest absolute Gasteiger partial charge is 0.453 e. The van der Waals surface area contributed by atoms with Gasteiger partial charge in [0.05, 0.1) is 23.4 Å². The van der Waals surface area contributed by atoms with Gasteiger partial charge in [0, 0.05) is 81.9 Å². The topological polar surface area (TPSA) is 125 Å². The molecule has 0 unspecified atom stereocenters. The minimum atomic E-state index is -0.998. The lowest BCUT2D eigenvalue weighted by Crippen LogP contribution is -2.53. The molecule has 54 heavy (non-hydrogen) atoms. The first kappa shape index (κ1) is 35.9. The van der Waals surface area contributed by atoms with Crippen LogP contribution in [-0.2, 0) is 16.6 Å². The Bertz CT molecular complexity index is 2190. The number of pyridine rings is 1. The third-order valence-corrected chi connectivity index (χ3v) is 11.2. The SMILES string of the molecule is Cc1nn(C)cc1-c1nc2ncc(Cl)c(Oc3ccc(N4CCN(CC5CCN(c6cc(F)c([C@H]7CCC(=O)NC7=O)c(F)c6)CC5)C[C@@H]4C)cc3)c2[nH]1. The number of imidazole rings is 1. The van der Waals surface area contributed by atoms with Crippen molar-refractivity contribution in [1.82, 2.24) is 34.9 Å². The Kier molecular flexibility index (Phi) is 9.73. The zero-order valence-corrected chi connectivity index (χ0v) is 31.2. The molecule has 2 amide bonds. The van der Waals surface area contributed by atoms with Crippen LogP contribution < -0.4 is 19.9 Å². The standard InChI is InChI=1S/C39H42ClF2N9O3/c1-22-19-49(20-24-10-12-50(13-11-24)26-16-31(41)34(32(42)17-26)28-8-9-33(52)44-39(28)53)14-15-51(22)25-4-6-27(7-5-25)54-36-30(40)18-43-38-35(36)45-37(46-38)29-21-48(3)47-23(29)2/h4-7,16-18,21-22,24,28H,8-15,19-20H2,1-3H3,(H,43,45,46)(H,44,52,53)/t22-,28+/m0/s1. The van der Waals surface area contributed by atoms with Crippen molar-refractivity contribution in [3.63, 3.8) is 0 Å². The molecule has 0 bridgehead atoms. The van der Waals surface area contributed by atoms with Crippen LogP contribution in [0.1, 0.15) is 49.8 Å². The molecule has 0 radical (unpaired) electrons. The molecule has 15 heteroatoms. The molecule has 3 fully saturated rings. The van der Waals surface area contributed by atoms with E-state index in [-0.39, 0.29) is 18.4 Å². The van der Waals surface area contributed by atoms with Gasteiger partial charge in [0.1, 0.15) is 33.7 Å². The number of nitrogens with zero attached hydrogens (tertiary/aromatic N) is 7. The fourth-order valence-corrected chi connectivity index (χ4v) is 8.35. The monoisotopic (exact) mass is 757 g/mol. The quantitative estimate of drug-likeness (QED) is 0.175. The summed E-state index contributed by atoms with van der Waals surface area (Å²) < 4.78 is 38.4. The smallest absolute Gasteiger partial charge is 0.234 e. The molecule has 0 aliphatic carbocycles. The summed E-state index contributed by atoms with van der Waals surface area (Å²) in [5.74, 6) is -1.30. The van der Waals surface area contributed by atoms with Crippen LogP contribution in [0.15, 0.2) is 48.8 Å². The number of anilines is 2. The molecule has 0 saturated carbocycles. The molecule has 3 aliphatic rings. The van der Waals surface area contributed by atoms with Gasteiger partial charge in [0.2, 0.25) is 11.8 Å². The number of fused-ring (bicyclic) bond motifs is 1. The van der Waals surface area contributed by atoms with Crippen LogP contribution >= 0.6 is 11.6 Å². The summed E-state index contributed by atoms with van der Waals surface area (Å²) in [7, 11) is 1.87. The van der Waals surface area contributed by atoms with Gasteiger partial charge >= 0.3 is 0 Å². The normalized spacial score (nSPS) is 20.2. The number of benzene rings is 2. The van der Waals surface area contributed by atoms with Gasteiger partial charge < -0.3 is 19.5 Å². The van der Waals surface area contributed by atoms with Crippen LogP contribution in [0.25, 0.3) is 22.6 Å². The molecule has 282 valence electrons. The maximum atomic E-state index is 15.2. The first-order valence-electron chi connectivity index (χ1n) is 18.4. The van der Waals surface area contributed by atoms with Gasteiger partial charge in [-0.2, -0.15) is 5.10 Å². The van der Waals surface area contributed by atoms with Crippen LogP contribution in [0.5, 0.6) is 11.5 Å². The minimum absolute atomic E-state index is 0.0658. The van der Waals surface area contributed by atoms with Gasteiger partial charge in [-0.3, -0.25) is 24.5 Å². The number of aryl methyl sites for hydroxylation is 2. The van der Waals surface area contributed by atoms with E-state index in [4.69, 9.17) is 16.3 Å². The average Bonchev–Trinajstić information content (AvgIpc) is 3.73. The second kappa shape index (κ2) is 14.6. The van der Waals surface area contributed by atoms with Gasteiger partial charge in [0.25, 0.3) is 0 Å². The van der Waals surface area contributed by atoms with E-state index in [1.807, 2.05) is 37.2 Å². The first-order chi connectivity index (χ1) is 26.0. The minimum Gasteiger partial charge on any atom is -0.453 e. The molecule has 3 aliphatic heterocycles. The van der Waals surface area contributed by atoms with Crippen molar-refractivity contribution in [1.29, 1.82) is 0 Å². The predicted octanol–water partition coefficient (Wildman–Crippen LogP) is 6.34. The Balaban J connectivity index is 0.849. The van der Waals surface area contributed by atoms with Crippen molar-refractivity contribution in [2.45, 2.75) is 51.5 Å². The molecule has 0 spiro atoms. The summed E-state index contributed by atoms with van der Waals surface area (Å²) in [6.07, 6.45) is 5.47. The molecular formula is C39H42ClF2N9O3. The van der Waals surface area contributed by atoms with Crippen molar-refractivity contribution in [2.75, 3.05) is 49.1 Å². The van der Waals surface area contributed by atoms with E-state index < -0.39 is 29.4 Å². The highest BCUT2D eigenvalue weighted by atomic mass is 35.5. The molecule has 6 heterocycles. The number of imide groups is 1. The van der Waals surface area contributed by atoms with E-state index in [0.717, 1.165) is 56.0 Å². The number of H-pyrrole nitrogens is 1. The molecule has 3 saturated heterocycles. The number of hydrogen-bond acceptors (Lipinski definition) is 9. The van der Waals surface area contributed by atoms with E-state index in [2.05, 4.69) is 54.2 Å². The van der Waals surface area contributed by atoms with Gasteiger partial charge in [-0.05, 0) is 75.4 Å². The maximum absolute atomic E-state index is 15.2. The highest BCUT2D eigenvalue weighted by Crippen LogP contribution is 2.38. The summed E-state index contributed by atoms with van der Waals surface area (Å²) >= 11 is 6.57. The summed E-state index contributed by atoms with van der Waals surface area (Å²) in [6.45, 7) is 9.31. The van der Waals surface area contributed by atoms with Crippen molar-refractivity contribution in [3.05, 3.63) is 76.7 Å². The Morgan fingerprint density at radius 3 is 2.41 bits per heavy atom. The number of amides is 2. The van der Waals surface area contributed by atoms with Gasteiger partial charge in [0.15, 0.2) is 11.4 Å². The molecule has 2 atom stereocenters. The van der Waals surface area contributed by atoms with E-state index in [1.54, 1.807) is 10.9 Å². The number of aromatic nitrogens is 5. The van der Waals surface area contributed by atoms with E-state index in [1.165, 1.54) is 12.1 Å². The molecule has 8 rings (SSSR count). The van der Waals surface area contributed by atoms with Crippen molar-refractivity contribution in [3.8, 4) is 22.9 Å². The summed E-state index contributed by atoms with van der Waals surface area (Å²) in [4.78, 5) is 43.1. The molecule has 3 aromatic heterocycles. The van der Waals surface area contributed by atoms with E-state index in [0.29, 0.717) is 64.2 Å². The van der Waals surface area contributed by atoms with Crippen LogP contribution in [0.4, 0.5) is 20.2 Å². The highest BCUT2D eigenvalue weighted by Gasteiger charge is 2.34. The fourth-order valence-electron chi connectivity index (χ4n) is 8.17. The third-order valence-electron chi connectivity index (χ3n) is 10.9. The van der Waals surface area contributed by atoms with E-state index in [9.17, 15) is 9.59 Å². The number of halogens is 3. The lowest BCUT2D eigenvalue weighted by atomic mass is 9.89. The lowest BCUT2D eigenvalue weighted by Gasteiger charge is -2.43. The van der Waals surface area contributed by atoms with Crippen LogP contribution in [0, 0.1) is 24.5 Å². The van der Waals surface area contributed by atoms with Crippen LogP contribution in [0.3, 0.4) is 0 Å². The Hall–Kier alpha value is -5.08. The zero-order chi connectivity index (χ0) is 37.7. The molecule has 12 nitrogen and oxygen atoms in total. The number of rotatable bonds is 8. The van der Waals surface area contributed by atoms with Gasteiger partial charge in [-0.1, -0.05) is 11.6 Å². The second-order valence-corrected chi connectivity index (χ2v) is 15.1. The van der Waals surface area contributed by atoms with Crippen molar-refractivity contribution in [2.24, 2.45) is 13.0 Å². The number of aromatic amines is 1. The maximum Gasteiger partial charge on any atom is 0.234 e. The Morgan fingerprint density at radius 2 is 1.74 bits per heavy atom. The Labute approximate surface area is 316 Å². The second-order valence-electron chi connectivity index (χ2n) is 14.7. The Morgan fingerprint density at radius 1 is 1.00 bits per heavy atom. The van der Waals surface area contributed by atoms with Crippen molar-refractivity contribution >= 4 is 46.0 Å². The number of carbonyl (C=O) groups is 2. The summed E-state index contributed by atoms with van der Waals surface area (Å²) in [5.41, 5.74) is 4.20. The first-order valence-corrected chi connectivity index (χ1v) is 18.8. The number of nitrogens with one attached hydrogen (secondary N) is 2.